The minimum absolute atomic E-state index is 0.178. The Balaban J connectivity index is 1.56. The molecule has 0 spiro atoms. The van der Waals surface area contributed by atoms with Gasteiger partial charge in [-0.25, -0.2) is 9.59 Å². The van der Waals surface area contributed by atoms with Gasteiger partial charge in [0.1, 0.15) is 10.8 Å². The van der Waals surface area contributed by atoms with Crippen molar-refractivity contribution in [3.63, 3.8) is 0 Å². The van der Waals surface area contributed by atoms with Crippen LogP contribution in [-0.2, 0) is 29.9 Å². The summed E-state index contributed by atoms with van der Waals surface area (Å²) in [5.41, 5.74) is 2.05. The van der Waals surface area contributed by atoms with Gasteiger partial charge in [0.15, 0.2) is 0 Å². The smallest absolute Gasteiger partial charge is 0.373 e. The van der Waals surface area contributed by atoms with E-state index in [9.17, 15) is 9.59 Å². The van der Waals surface area contributed by atoms with Crippen molar-refractivity contribution in [1.29, 1.82) is 0 Å². The summed E-state index contributed by atoms with van der Waals surface area (Å²) in [6, 6.07) is 7.38. The van der Waals surface area contributed by atoms with Gasteiger partial charge in [0.25, 0.3) is 0 Å². The normalized spacial score (nSPS) is 12.9. The van der Waals surface area contributed by atoms with Gasteiger partial charge < -0.3 is 9.15 Å². The van der Waals surface area contributed by atoms with Crippen LogP contribution in [0.2, 0.25) is 0 Å². The van der Waals surface area contributed by atoms with E-state index in [1.165, 1.54) is 18.9 Å². The first-order chi connectivity index (χ1) is 13.2. The molecule has 140 valence electrons. The zero-order chi connectivity index (χ0) is 18.8. The van der Waals surface area contributed by atoms with Gasteiger partial charge in [-0.15, -0.1) is 11.3 Å². The number of methoxy groups -OCH3 is 1. The molecular weight excluding hydrogens is 384 g/mol. The van der Waals surface area contributed by atoms with Crippen molar-refractivity contribution in [2.45, 2.75) is 36.6 Å². The molecule has 6 nitrogen and oxygen atoms in total. The Labute approximate surface area is 164 Å². The van der Waals surface area contributed by atoms with E-state index in [4.69, 9.17) is 4.42 Å². The molecule has 0 amide bonds. The molecule has 0 atom stereocenters. The molecule has 8 heteroatoms. The number of aromatic nitrogens is 2. The second-order valence-corrected chi connectivity index (χ2v) is 8.19. The third-order valence-electron chi connectivity index (χ3n) is 4.49. The zero-order valence-electron chi connectivity index (χ0n) is 14.8. The number of hydrogen-bond donors (Lipinski definition) is 0. The standard InChI is InChI=1S/C19H18N2O4S2/c1-24-18(22)16-8-7-12(25-16)11-27-17-14-5-2-6-15(14)21(19(23)20-17)10-13-4-3-9-26-13/h3-4,7-9H,2,5-6,10-11H2,1H3. The molecule has 1 aliphatic rings. The van der Waals surface area contributed by atoms with Crippen LogP contribution in [0.4, 0.5) is 0 Å². The molecule has 3 heterocycles. The summed E-state index contributed by atoms with van der Waals surface area (Å²) in [7, 11) is 1.32. The van der Waals surface area contributed by atoms with Crippen molar-refractivity contribution >= 4 is 29.1 Å². The first-order valence-corrected chi connectivity index (χ1v) is 10.5. The number of rotatable bonds is 6. The largest absolute Gasteiger partial charge is 0.463 e. The van der Waals surface area contributed by atoms with Crippen LogP contribution in [0.15, 0.2) is 43.9 Å². The Morgan fingerprint density at radius 1 is 1.37 bits per heavy atom. The molecule has 0 bridgehead atoms. The third kappa shape index (κ3) is 3.72. The van der Waals surface area contributed by atoms with Gasteiger partial charge in [0.2, 0.25) is 5.76 Å². The molecule has 0 aromatic carbocycles. The second kappa shape index (κ2) is 7.74. The summed E-state index contributed by atoms with van der Waals surface area (Å²) in [4.78, 5) is 29.6. The van der Waals surface area contributed by atoms with Crippen molar-refractivity contribution in [3.05, 3.63) is 67.8 Å². The Kier molecular flexibility index (Phi) is 5.18. The summed E-state index contributed by atoms with van der Waals surface area (Å²) in [5.74, 6) is 0.834. The summed E-state index contributed by atoms with van der Waals surface area (Å²) in [5, 5.41) is 2.79. The molecule has 0 saturated carbocycles. The van der Waals surface area contributed by atoms with Crippen LogP contribution in [0, 0.1) is 0 Å². The number of carbonyl (C=O) groups is 1. The SMILES string of the molecule is COC(=O)c1ccc(CSc2nc(=O)n(Cc3cccs3)c3c2CCC3)o1. The van der Waals surface area contributed by atoms with Gasteiger partial charge in [-0.05, 0) is 42.8 Å². The minimum atomic E-state index is -0.499. The predicted molar refractivity (Wildman–Crippen MR) is 104 cm³/mol. The Bertz CT molecular complexity index is 1020. The highest BCUT2D eigenvalue weighted by molar-refractivity contribution is 7.98. The Morgan fingerprint density at radius 3 is 3.04 bits per heavy atom. The van der Waals surface area contributed by atoms with E-state index in [0.29, 0.717) is 18.1 Å². The van der Waals surface area contributed by atoms with E-state index in [1.54, 1.807) is 28.0 Å². The number of esters is 1. The van der Waals surface area contributed by atoms with Crippen molar-refractivity contribution in [2.24, 2.45) is 0 Å². The highest BCUT2D eigenvalue weighted by atomic mass is 32.2. The van der Waals surface area contributed by atoms with Gasteiger partial charge in [-0.1, -0.05) is 17.8 Å². The Morgan fingerprint density at radius 2 is 2.26 bits per heavy atom. The number of hydrogen-bond acceptors (Lipinski definition) is 7. The minimum Gasteiger partial charge on any atom is -0.463 e. The molecule has 0 fully saturated rings. The van der Waals surface area contributed by atoms with E-state index in [1.807, 2.05) is 17.5 Å². The van der Waals surface area contributed by atoms with Gasteiger partial charge in [-0.2, -0.15) is 4.98 Å². The summed E-state index contributed by atoms with van der Waals surface area (Å²) in [6.07, 6.45) is 2.87. The van der Waals surface area contributed by atoms with Crippen LogP contribution in [0.1, 0.15) is 38.9 Å². The predicted octanol–water partition coefficient (Wildman–Crippen LogP) is 3.51. The van der Waals surface area contributed by atoms with Crippen molar-refractivity contribution < 1.29 is 13.9 Å². The van der Waals surface area contributed by atoms with E-state index in [-0.39, 0.29) is 11.4 Å². The molecule has 0 saturated heterocycles. The molecular formula is C19H18N2O4S2. The van der Waals surface area contributed by atoms with Crippen molar-refractivity contribution in [3.8, 4) is 0 Å². The lowest BCUT2D eigenvalue weighted by molar-refractivity contribution is 0.0563. The molecule has 27 heavy (non-hydrogen) atoms. The average molecular weight is 402 g/mol. The van der Waals surface area contributed by atoms with Crippen molar-refractivity contribution in [1.82, 2.24) is 9.55 Å². The van der Waals surface area contributed by atoms with Crippen LogP contribution in [0.25, 0.3) is 0 Å². The maximum Gasteiger partial charge on any atom is 0.373 e. The number of thioether (sulfide) groups is 1. The zero-order valence-corrected chi connectivity index (χ0v) is 16.4. The van der Waals surface area contributed by atoms with E-state index in [2.05, 4.69) is 9.72 Å². The molecule has 1 aliphatic carbocycles. The molecule has 4 rings (SSSR count). The molecule has 0 unspecified atom stereocenters. The lowest BCUT2D eigenvalue weighted by atomic mass is 10.2. The van der Waals surface area contributed by atoms with Gasteiger partial charge in [0, 0.05) is 16.1 Å². The first-order valence-electron chi connectivity index (χ1n) is 8.60. The number of carbonyl (C=O) groups excluding carboxylic acids is 1. The fourth-order valence-corrected chi connectivity index (χ4v) is 4.90. The fraction of sp³-hybridized carbons (Fsp3) is 0.316. The van der Waals surface area contributed by atoms with Gasteiger partial charge >= 0.3 is 11.7 Å². The highest BCUT2D eigenvalue weighted by Crippen LogP contribution is 2.31. The second-order valence-electron chi connectivity index (χ2n) is 6.19. The van der Waals surface area contributed by atoms with Gasteiger partial charge in [0.05, 0.1) is 19.4 Å². The average Bonchev–Trinajstić information content (AvgIpc) is 3.43. The number of thiophene rings is 1. The molecule has 0 aliphatic heterocycles. The highest BCUT2D eigenvalue weighted by Gasteiger charge is 2.22. The van der Waals surface area contributed by atoms with E-state index in [0.717, 1.165) is 40.4 Å². The molecule has 0 N–H and O–H groups in total. The topological polar surface area (TPSA) is 74.3 Å². The number of ether oxygens (including phenoxy) is 1. The van der Waals surface area contributed by atoms with Crippen LogP contribution in [0.3, 0.4) is 0 Å². The summed E-state index contributed by atoms with van der Waals surface area (Å²) in [6.45, 7) is 0.581. The van der Waals surface area contributed by atoms with Crippen LogP contribution in [-0.4, -0.2) is 22.6 Å². The van der Waals surface area contributed by atoms with Crippen molar-refractivity contribution in [2.75, 3.05) is 7.11 Å². The molecule has 3 aromatic heterocycles. The maximum absolute atomic E-state index is 12.6. The molecule has 3 aromatic rings. The maximum atomic E-state index is 12.6. The first kappa shape index (κ1) is 18.1. The third-order valence-corrected chi connectivity index (χ3v) is 6.40. The fourth-order valence-electron chi connectivity index (χ4n) is 3.23. The van der Waals surface area contributed by atoms with Crippen LogP contribution < -0.4 is 5.69 Å². The lowest BCUT2D eigenvalue weighted by Gasteiger charge is -2.13. The van der Waals surface area contributed by atoms with Gasteiger partial charge in [-0.3, -0.25) is 4.57 Å². The number of fused-ring (bicyclic) bond motifs is 1. The summed E-state index contributed by atoms with van der Waals surface area (Å²) >= 11 is 3.12. The van der Waals surface area contributed by atoms with E-state index < -0.39 is 5.97 Å². The summed E-state index contributed by atoms with van der Waals surface area (Å²) < 4.78 is 12.0. The monoisotopic (exact) mass is 402 g/mol. The van der Waals surface area contributed by atoms with Crippen LogP contribution in [0.5, 0.6) is 0 Å². The molecule has 0 radical (unpaired) electrons. The number of nitrogens with zero attached hydrogens (tertiary/aromatic N) is 2. The Hall–Kier alpha value is -2.32. The quantitative estimate of drug-likeness (QED) is 0.357. The van der Waals surface area contributed by atoms with E-state index >= 15 is 0 Å². The van der Waals surface area contributed by atoms with Crippen LogP contribution >= 0.6 is 23.1 Å². The number of furan rings is 1. The lowest BCUT2D eigenvalue weighted by Crippen LogP contribution is -2.27.